The number of hydrogen-bond acceptors (Lipinski definition) is 2. The van der Waals surface area contributed by atoms with Crippen molar-refractivity contribution in [1.29, 1.82) is 0 Å². The van der Waals surface area contributed by atoms with Gasteiger partial charge in [0.15, 0.2) is 5.82 Å². The second kappa shape index (κ2) is 4.27. The second-order valence-electron chi connectivity index (χ2n) is 5.89. The summed E-state index contributed by atoms with van der Waals surface area (Å²) in [5.74, 6) is -0.522. The van der Waals surface area contributed by atoms with Gasteiger partial charge in [0.2, 0.25) is 0 Å². The first-order valence-corrected chi connectivity index (χ1v) is 6.55. The molecule has 1 aliphatic rings. The normalized spacial score (nSPS) is 22.8. The minimum absolute atomic E-state index is 0.0381. The first kappa shape index (κ1) is 12.5. The number of nitrogens with zero attached hydrogens (tertiary/aromatic N) is 1. The van der Waals surface area contributed by atoms with Crippen LogP contribution in [0, 0.1) is 17.0 Å². The summed E-state index contributed by atoms with van der Waals surface area (Å²) in [6, 6.07) is 2.19. The molecule has 0 aliphatic carbocycles. The third-order valence-corrected chi connectivity index (χ3v) is 3.92. The summed E-state index contributed by atoms with van der Waals surface area (Å²) in [5.41, 5.74) is 0.663. The lowest BCUT2D eigenvalue weighted by Gasteiger charge is -2.38. The highest BCUT2D eigenvalue weighted by Gasteiger charge is 2.35. The van der Waals surface area contributed by atoms with Crippen LogP contribution in [0.3, 0.4) is 0 Å². The fourth-order valence-electron chi connectivity index (χ4n) is 2.88. The van der Waals surface area contributed by atoms with Gasteiger partial charge in [-0.2, -0.15) is 0 Å². The van der Waals surface area contributed by atoms with Crippen molar-refractivity contribution in [3.63, 3.8) is 0 Å². The fraction of sp³-hybridized carbons (Fsp3) is 0.500. The molecule has 0 spiro atoms. The Balaban J connectivity index is 2.08. The molecule has 19 heavy (non-hydrogen) atoms. The standard InChI is InChI=1S/C14H17F2N3/c1-14(2)4-3-5-17-12(14)13-18-10-7-8(15)6-9(16)11(10)19-13/h6-7,12,17H,3-5H2,1-2H3,(H,18,19). The van der Waals surface area contributed by atoms with Crippen LogP contribution in [0.15, 0.2) is 12.1 Å². The summed E-state index contributed by atoms with van der Waals surface area (Å²) in [6.45, 7) is 5.24. The van der Waals surface area contributed by atoms with Crippen molar-refractivity contribution in [3.8, 4) is 0 Å². The molecule has 1 fully saturated rings. The van der Waals surface area contributed by atoms with Crippen LogP contribution >= 0.6 is 0 Å². The first-order valence-electron chi connectivity index (χ1n) is 6.55. The zero-order chi connectivity index (χ0) is 13.6. The minimum Gasteiger partial charge on any atom is -0.340 e. The number of nitrogens with one attached hydrogen (secondary N) is 2. The van der Waals surface area contributed by atoms with Crippen molar-refractivity contribution in [2.24, 2.45) is 5.41 Å². The molecule has 1 unspecified atom stereocenters. The Hall–Kier alpha value is -1.49. The molecule has 1 aromatic heterocycles. The van der Waals surface area contributed by atoms with E-state index >= 15 is 0 Å². The van der Waals surface area contributed by atoms with Crippen molar-refractivity contribution >= 4 is 11.0 Å². The molecule has 102 valence electrons. The molecular weight excluding hydrogens is 248 g/mol. The Bertz CT molecular complexity index is 618. The van der Waals surface area contributed by atoms with Gasteiger partial charge in [0.25, 0.3) is 0 Å². The summed E-state index contributed by atoms with van der Waals surface area (Å²) in [6.07, 6.45) is 2.20. The number of aromatic nitrogens is 2. The molecule has 0 radical (unpaired) electrons. The van der Waals surface area contributed by atoms with Gasteiger partial charge in [-0.15, -0.1) is 0 Å². The Morgan fingerprint density at radius 3 is 2.84 bits per heavy atom. The summed E-state index contributed by atoms with van der Waals surface area (Å²) in [5, 5.41) is 3.41. The molecule has 0 saturated carbocycles. The van der Waals surface area contributed by atoms with Crippen LogP contribution < -0.4 is 5.32 Å². The first-order chi connectivity index (χ1) is 8.97. The van der Waals surface area contributed by atoms with E-state index in [2.05, 4.69) is 29.1 Å². The number of imidazole rings is 1. The number of rotatable bonds is 1. The van der Waals surface area contributed by atoms with Crippen molar-refractivity contribution in [1.82, 2.24) is 15.3 Å². The average molecular weight is 265 g/mol. The van der Waals surface area contributed by atoms with Crippen LogP contribution in [-0.2, 0) is 0 Å². The molecule has 0 amide bonds. The van der Waals surface area contributed by atoms with Crippen LogP contribution in [0.25, 0.3) is 11.0 Å². The second-order valence-corrected chi connectivity index (χ2v) is 5.89. The molecule has 2 heterocycles. The maximum atomic E-state index is 13.7. The average Bonchev–Trinajstić information content (AvgIpc) is 2.72. The maximum Gasteiger partial charge on any atom is 0.153 e. The summed E-state index contributed by atoms with van der Waals surface area (Å²) in [4.78, 5) is 7.36. The predicted molar refractivity (Wildman–Crippen MR) is 69.8 cm³/mol. The van der Waals surface area contributed by atoms with Gasteiger partial charge < -0.3 is 10.3 Å². The van der Waals surface area contributed by atoms with Gasteiger partial charge in [-0.05, 0) is 30.9 Å². The molecular formula is C14H17F2N3. The highest BCUT2D eigenvalue weighted by atomic mass is 19.1. The van der Waals surface area contributed by atoms with Gasteiger partial charge in [0.1, 0.15) is 17.2 Å². The number of benzene rings is 1. The third-order valence-electron chi connectivity index (χ3n) is 3.92. The van der Waals surface area contributed by atoms with E-state index < -0.39 is 11.6 Å². The zero-order valence-corrected chi connectivity index (χ0v) is 11.1. The molecule has 2 aromatic rings. The van der Waals surface area contributed by atoms with Crippen LogP contribution in [-0.4, -0.2) is 16.5 Å². The van der Waals surface area contributed by atoms with Gasteiger partial charge in [0, 0.05) is 6.07 Å². The molecule has 2 N–H and O–H groups in total. The molecule has 3 rings (SSSR count). The quantitative estimate of drug-likeness (QED) is 0.830. The number of aromatic amines is 1. The number of fused-ring (bicyclic) bond motifs is 1. The Kier molecular flexibility index (Phi) is 2.82. The summed E-state index contributed by atoms with van der Waals surface area (Å²) < 4.78 is 26.9. The lowest BCUT2D eigenvalue weighted by Crippen LogP contribution is -2.40. The zero-order valence-electron chi connectivity index (χ0n) is 11.1. The molecule has 1 aromatic carbocycles. The number of hydrogen-bond donors (Lipinski definition) is 2. The number of halogens is 2. The van der Waals surface area contributed by atoms with E-state index in [1.54, 1.807) is 0 Å². The van der Waals surface area contributed by atoms with Crippen molar-refractivity contribution in [2.45, 2.75) is 32.7 Å². The monoisotopic (exact) mass is 265 g/mol. The van der Waals surface area contributed by atoms with E-state index in [4.69, 9.17) is 0 Å². The SMILES string of the molecule is CC1(C)CCCNC1c1nc2c(F)cc(F)cc2[nH]1. The smallest absolute Gasteiger partial charge is 0.153 e. The topological polar surface area (TPSA) is 40.7 Å². The fourth-order valence-corrected chi connectivity index (χ4v) is 2.88. The highest BCUT2D eigenvalue weighted by molar-refractivity contribution is 5.75. The van der Waals surface area contributed by atoms with E-state index in [0.29, 0.717) is 11.3 Å². The van der Waals surface area contributed by atoms with Crippen molar-refractivity contribution in [3.05, 3.63) is 29.6 Å². The van der Waals surface area contributed by atoms with E-state index in [-0.39, 0.29) is 17.0 Å². The van der Waals surface area contributed by atoms with Gasteiger partial charge >= 0.3 is 0 Å². The Labute approximate surface area is 110 Å². The van der Waals surface area contributed by atoms with E-state index in [9.17, 15) is 8.78 Å². The van der Waals surface area contributed by atoms with Crippen molar-refractivity contribution < 1.29 is 8.78 Å². The third kappa shape index (κ3) is 2.12. The Morgan fingerprint density at radius 1 is 1.32 bits per heavy atom. The van der Waals surface area contributed by atoms with Gasteiger partial charge in [-0.3, -0.25) is 0 Å². The number of piperidine rings is 1. The van der Waals surface area contributed by atoms with E-state index in [1.807, 2.05) is 0 Å². The van der Waals surface area contributed by atoms with Crippen LogP contribution in [0.1, 0.15) is 38.6 Å². The molecule has 0 bridgehead atoms. The molecule has 1 aliphatic heterocycles. The number of H-pyrrole nitrogens is 1. The molecule has 3 nitrogen and oxygen atoms in total. The van der Waals surface area contributed by atoms with Crippen LogP contribution in [0.5, 0.6) is 0 Å². The van der Waals surface area contributed by atoms with E-state index in [1.165, 1.54) is 6.07 Å². The lowest BCUT2D eigenvalue weighted by molar-refractivity contribution is 0.175. The van der Waals surface area contributed by atoms with Gasteiger partial charge in [-0.1, -0.05) is 13.8 Å². The molecule has 1 atom stereocenters. The van der Waals surface area contributed by atoms with Gasteiger partial charge in [0.05, 0.1) is 11.6 Å². The summed E-state index contributed by atoms with van der Waals surface area (Å²) in [7, 11) is 0. The minimum atomic E-state index is -0.619. The van der Waals surface area contributed by atoms with Gasteiger partial charge in [-0.25, -0.2) is 13.8 Å². The highest BCUT2D eigenvalue weighted by Crippen LogP contribution is 2.39. The predicted octanol–water partition coefficient (Wildman–Crippen LogP) is 3.29. The molecule has 1 saturated heterocycles. The lowest BCUT2D eigenvalue weighted by atomic mass is 9.77. The van der Waals surface area contributed by atoms with Crippen molar-refractivity contribution in [2.75, 3.05) is 6.54 Å². The van der Waals surface area contributed by atoms with Crippen LogP contribution in [0.2, 0.25) is 0 Å². The largest absolute Gasteiger partial charge is 0.340 e. The van der Waals surface area contributed by atoms with E-state index in [0.717, 1.165) is 25.5 Å². The summed E-state index contributed by atoms with van der Waals surface area (Å²) >= 11 is 0. The van der Waals surface area contributed by atoms with Crippen LogP contribution in [0.4, 0.5) is 8.78 Å². The molecule has 5 heteroatoms. The Morgan fingerprint density at radius 2 is 2.11 bits per heavy atom. The maximum absolute atomic E-state index is 13.7.